The van der Waals surface area contributed by atoms with E-state index in [0.717, 1.165) is 32.1 Å². The third-order valence-corrected chi connectivity index (χ3v) is 4.93. The van der Waals surface area contributed by atoms with Gasteiger partial charge in [0.05, 0.1) is 18.3 Å². The van der Waals surface area contributed by atoms with Crippen molar-refractivity contribution in [3.05, 3.63) is 51.7 Å². The van der Waals surface area contributed by atoms with Crippen LogP contribution < -0.4 is 15.8 Å². The Morgan fingerprint density at radius 3 is 2.82 bits per heavy atom. The van der Waals surface area contributed by atoms with E-state index in [9.17, 15) is 9.18 Å². The second-order valence-corrected chi connectivity index (χ2v) is 6.66. The first kappa shape index (κ1) is 18.1. The highest BCUT2D eigenvalue weighted by Gasteiger charge is 2.21. The Morgan fingerprint density at radius 1 is 1.32 bits per heavy atom. The van der Waals surface area contributed by atoms with E-state index in [-0.39, 0.29) is 17.7 Å². The van der Waals surface area contributed by atoms with E-state index in [4.69, 9.17) is 5.26 Å². The molecule has 0 unspecified atom stereocenters. The molecule has 1 saturated heterocycles. The number of hydrogen-bond donors (Lipinski definition) is 1. The number of aryl methyl sites for hydroxylation is 1. The molecule has 0 saturated carbocycles. The standard InChI is InChI=1S/C19H20FN7O/c1-2-26-17-16(24-19(26)25-7-5-22-6-8-25)11-23-27(18(17)28)12-13-3-4-15(20)14(9-13)10-21/h3-4,9,11,22H,2,5-8,12H2,1H3. The van der Waals surface area contributed by atoms with Crippen molar-refractivity contribution < 1.29 is 4.39 Å². The predicted octanol–water partition coefficient (Wildman–Crippen LogP) is 1.08. The quantitative estimate of drug-likeness (QED) is 0.727. The van der Waals surface area contributed by atoms with Gasteiger partial charge in [-0.25, -0.2) is 14.1 Å². The molecule has 1 aliphatic rings. The van der Waals surface area contributed by atoms with Crippen LogP contribution in [0.1, 0.15) is 18.1 Å². The van der Waals surface area contributed by atoms with E-state index in [1.165, 1.54) is 16.8 Å². The summed E-state index contributed by atoms with van der Waals surface area (Å²) in [5.74, 6) is 0.205. The monoisotopic (exact) mass is 381 g/mol. The Balaban J connectivity index is 1.76. The lowest BCUT2D eigenvalue weighted by Gasteiger charge is -2.28. The van der Waals surface area contributed by atoms with E-state index >= 15 is 0 Å². The largest absolute Gasteiger partial charge is 0.340 e. The molecule has 0 bridgehead atoms. The predicted molar refractivity (Wildman–Crippen MR) is 103 cm³/mol. The minimum absolute atomic E-state index is 0.0498. The lowest BCUT2D eigenvalue weighted by molar-refractivity contribution is 0.569. The first-order valence-electron chi connectivity index (χ1n) is 9.23. The Hall–Kier alpha value is -3.25. The smallest absolute Gasteiger partial charge is 0.293 e. The topological polar surface area (TPSA) is 91.8 Å². The van der Waals surface area contributed by atoms with Gasteiger partial charge in [-0.15, -0.1) is 0 Å². The zero-order chi connectivity index (χ0) is 19.7. The lowest BCUT2D eigenvalue weighted by Crippen LogP contribution is -2.44. The van der Waals surface area contributed by atoms with Crippen LogP contribution in [0.25, 0.3) is 11.0 Å². The van der Waals surface area contributed by atoms with E-state index in [0.29, 0.717) is 23.1 Å². The van der Waals surface area contributed by atoms with Gasteiger partial charge in [-0.05, 0) is 24.6 Å². The molecule has 0 amide bonds. The number of rotatable bonds is 4. The number of nitrogens with one attached hydrogen (secondary N) is 1. The van der Waals surface area contributed by atoms with Gasteiger partial charge in [0.1, 0.15) is 22.9 Å². The highest BCUT2D eigenvalue weighted by molar-refractivity contribution is 5.77. The lowest BCUT2D eigenvalue weighted by atomic mass is 10.1. The summed E-state index contributed by atoms with van der Waals surface area (Å²) in [6, 6.07) is 6.04. The third-order valence-electron chi connectivity index (χ3n) is 4.93. The minimum atomic E-state index is -0.577. The van der Waals surface area contributed by atoms with Crippen molar-refractivity contribution in [3.63, 3.8) is 0 Å². The molecule has 0 atom stereocenters. The summed E-state index contributed by atoms with van der Waals surface area (Å²) in [5.41, 5.74) is 1.40. The van der Waals surface area contributed by atoms with Gasteiger partial charge in [-0.1, -0.05) is 6.07 Å². The van der Waals surface area contributed by atoms with Crippen LogP contribution in [0.3, 0.4) is 0 Å². The number of anilines is 1. The fourth-order valence-electron chi connectivity index (χ4n) is 3.52. The molecule has 1 aromatic carbocycles. The Bertz CT molecular complexity index is 1120. The molecule has 1 aliphatic heterocycles. The zero-order valence-electron chi connectivity index (χ0n) is 15.5. The van der Waals surface area contributed by atoms with Gasteiger partial charge in [0, 0.05) is 32.7 Å². The van der Waals surface area contributed by atoms with Gasteiger partial charge >= 0.3 is 0 Å². The number of imidazole rings is 1. The molecule has 0 spiro atoms. The molecule has 28 heavy (non-hydrogen) atoms. The third kappa shape index (κ3) is 3.12. The molecule has 0 radical (unpaired) electrons. The van der Waals surface area contributed by atoms with Crippen molar-refractivity contribution in [2.45, 2.75) is 20.0 Å². The second-order valence-electron chi connectivity index (χ2n) is 6.66. The summed E-state index contributed by atoms with van der Waals surface area (Å²) in [7, 11) is 0. The zero-order valence-corrected chi connectivity index (χ0v) is 15.5. The molecular formula is C19H20FN7O. The van der Waals surface area contributed by atoms with E-state index in [1.807, 2.05) is 17.6 Å². The average Bonchev–Trinajstić information content (AvgIpc) is 3.11. The Kier molecular flexibility index (Phi) is 4.79. The van der Waals surface area contributed by atoms with Crippen LogP contribution in [0.15, 0.2) is 29.2 Å². The summed E-state index contributed by atoms with van der Waals surface area (Å²) >= 11 is 0. The summed E-state index contributed by atoms with van der Waals surface area (Å²) in [6.45, 7) is 6.17. The van der Waals surface area contributed by atoms with Gasteiger partial charge in [-0.2, -0.15) is 10.4 Å². The van der Waals surface area contributed by atoms with Crippen LogP contribution in [0.4, 0.5) is 10.3 Å². The van der Waals surface area contributed by atoms with E-state index < -0.39 is 5.82 Å². The first-order valence-corrected chi connectivity index (χ1v) is 9.23. The summed E-state index contributed by atoms with van der Waals surface area (Å²) in [6.07, 6.45) is 1.59. The number of aromatic nitrogens is 4. The fourth-order valence-corrected chi connectivity index (χ4v) is 3.52. The van der Waals surface area contributed by atoms with Gasteiger partial charge < -0.3 is 14.8 Å². The number of nitriles is 1. The fraction of sp³-hybridized carbons (Fsp3) is 0.368. The van der Waals surface area contributed by atoms with Gasteiger partial charge in [0.15, 0.2) is 0 Å². The SMILES string of the molecule is CCn1c(N2CCNCC2)nc2cnn(Cc3ccc(F)c(C#N)c3)c(=O)c21. The maximum atomic E-state index is 13.5. The normalized spacial score (nSPS) is 14.4. The molecule has 0 aliphatic carbocycles. The number of fused-ring (bicyclic) bond motifs is 1. The molecule has 1 N–H and O–H groups in total. The molecule has 4 rings (SSSR count). The number of piperazine rings is 1. The average molecular weight is 381 g/mol. The maximum absolute atomic E-state index is 13.5. The summed E-state index contributed by atoms with van der Waals surface area (Å²) in [4.78, 5) is 19.9. The summed E-state index contributed by atoms with van der Waals surface area (Å²) in [5, 5.41) is 16.5. The molecule has 144 valence electrons. The summed E-state index contributed by atoms with van der Waals surface area (Å²) < 4.78 is 16.8. The van der Waals surface area contributed by atoms with Crippen LogP contribution in [-0.2, 0) is 13.1 Å². The van der Waals surface area contributed by atoms with Crippen LogP contribution in [-0.4, -0.2) is 45.5 Å². The van der Waals surface area contributed by atoms with Crippen molar-refractivity contribution in [3.8, 4) is 6.07 Å². The van der Waals surface area contributed by atoms with Gasteiger partial charge in [0.2, 0.25) is 5.95 Å². The number of halogens is 1. The van der Waals surface area contributed by atoms with E-state index in [1.54, 1.807) is 12.3 Å². The van der Waals surface area contributed by atoms with Crippen LogP contribution in [0.2, 0.25) is 0 Å². The maximum Gasteiger partial charge on any atom is 0.293 e. The van der Waals surface area contributed by atoms with Crippen molar-refractivity contribution in [2.24, 2.45) is 0 Å². The highest BCUT2D eigenvalue weighted by atomic mass is 19.1. The van der Waals surface area contributed by atoms with Crippen LogP contribution in [0, 0.1) is 17.1 Å². The van der Waals surface area contributed by atoms with Gasteiger partial charge in [0.25, 0.3) is 5.56 Å². The molecule has 3 heterocycles. The molecule has 9 heteroatoms. The van der Waals surface area contributed by atoms with E-state index in [2.05, 4.69) is 20.3 Å². The molecule has 8 nitrogen and oxygen atoms in total. The van der Waals surface area contributed by atoms with Crippen LogP contribution >= 0.6 is 0 Å². The minimum Gasteiger partial charge on any atom is -0.340 e. The van der Waals surface area contributed by atoms with Crippen molar-refractivity contribution in [1.82, 2.24) is 24.6 Å². The van der Waals surface area contributed by atoms with Crippen molar-refractivity contribution >= 4 is 17.0 Å². The van der Waals surface area contributed by atoms with Crippen molar-refractivity contribution in [1.29, 1.82) is 5.26 Å². The molecular weight excluding hydrogens is 361 g/mol. The first-order chi connectivity index (χ1) is 13.6. The van der Waals surface area contributed by atoms with Crippen LogP contribution in [0.5, 0.6) is 0 Å². The second kappa shape index (κ2) is 7.40. The Morgan fingerprint density at radius 2 is 2.11 bits per heavy atom. The Labute approximate surface area is 160 Å². The molecule has 2 aromatic heterocycles. The van der Waals surface area contributed by atoms with Crippen molar-refractivity contribution in [2.75, 3.05) is 31.1 Å². The highest BCUT2D eigenvalue weighted by Crippen LogP contribution is 2.20. The molecule has 1 fully saturated rings. The van der Waals surface area contributed by atoms with Gasteiger partial charge in [-0.3, -0.25) is 4.79 Å². The number of hydrogen-bond acceptors (Lipinski definition) is 6. The number of benzene rings is 1. The molecule has 3 aromatic rings. The number of nitrogens with zero attached hydrogens (tertiary/aromatic N) is 6.